The Hall–Kier alpha value is -1.39. The van der Waals surface area contributed by atoms with Crippen LogP contribution >= 0.6 is 0 Å². The molecule has 0 radical (unpaired) electrons. The van der Waals surface area contributed by atoms with Gasteiger partial charge in [-0.1, -0.05) is 12.1 Å². The second-order valence-corrected chi connectivity index (χ2v) is 5.73. The van der Waals surface area contributed by atoms with E-state index in [1.54, 1.807) is 0 Å². The third kappa shape index (κ3) is 2.15. The van der Waals surface area contributed by atoms with Crippen LogP contribution in [0.15, 0.2) is 28.7 Å². The number of hydrogen-bond acceptors (Lipinski definition) is 4. The molecule has 1 aromatic carbocycles. The van der Waals surface area contributed by atoms with Crippen LogP contribution in [0.25, 0.3) is 11.1 Å². The van der Waals surface area contributed by atoms with E-state index in [2.05, 4.69) is 15.2 Å². The predicted octanol–water partition coefficient (Wildman–Crippen LogP) is 2.01. The first kappa shape index (κ1) is 11.4. The Morgan fingerprint density at radius 3 is 3.16 bits per heavy atom. The van der Waals surface area contributed by atoms with Gasteiger partial charge in [-0.05, 0) is 37.4 Å². The molecule has 2 aromatic rings. The van der Waals surface area contributed by atoms with Gasteiger partial charge in [0.25, 0.3) is 0 Å². The molecular weight excluding hydrogens is 238 g/mol. The molecule has 2 saturated heterocycles. The van der Waals surface area contributed by atoms with E-state index in [4.69, 9.17) is 4.42 Å². The number of nitrogens with one attached hydrogen (secondary N) is 1. The SMILES string of the molecule is c1ccc2oc(CN3CC4CCCNC4C3)nc2c1. The van der Waals surface area contributed by atoms with Gasteiger partial charge < -0.3 is 9.73 Å². The third-order valence-corrected chi connectivity index (χ3v) is 4.37. The van der Waals surface area contributed by atoms with Crippen molar-refractivity contribution in [2.24, 2.45) is 5.92 Å². The molecule has 1 N–H and O–H groups in total. The first-order valence-corrected chi connectivity index (χ1v) is 7.19. The highest BCUT2D eigenvalue weighted by atomic mass is 16.3. The van der Waals surface area contributed by atoms with Crippen LogP contribution in [-0.4, -0.2) is 35.6 Å². The highest BCUT2D eigenvalue weighted by Gasteiger charge is 2.34. The quantitative estimate of drug-likeness (QED) is 0.893. The molecular formula is C15H19N3O. The van der Waals surface area contributed by atoms with Crippen molar-refractivity contribution >= 4 is 11.1 Å². The van der Waals surface area contributed by atoms with Crippen molar-refractivity contribution < 1.29 is 4.42 Å². The molecule has 0 aliphatic carbocycles. The highest BCUT2D eigenvalue weighted by Crippen LogP contribution is 2.26. The third-order valence-electron chi connectivity index (χ3n) is 4.37. The monoisotopic (exact) mass is 257 g/mol. The molecule has 3 heterocycles. The number of piperidine rings is 1. The van der Waals surface area contributed by atoms with Crippen LogP contribution in [0.4, 0.5) is 0 Å². The number of likely N-dealkylation sites (tertiary alicyclic amines) is 1. The molecule has 4 nitrogen and oxygen atoms in total. The van der Waals surface area contributed by atoms with Crippen molar-refractivity contribution in [1.29, 1.82) is 0 Å². The topological polar surface area (TPSA) is 41.3 Å². The molecule has 4 rings (SSSR count). The lowest BCUT2D eigenvalue weighted by Gasteiger charge is -2.24. The average Bonchev–Trinajstić information content (AvgIpc) is 3.00. The molecule has 2 atom stereocenters. The Kier molecular flexibility index (Phi) is 2.78. The molecule has 100 valence electrons. The van der Waals surface area contributed by atoms with Gasteiger partial charge in [0, 0.05) is 19.1 Å². The molecule has 2 aliphatic rings. The molecule has 2 unspecified atom stereocenters. The number of fused-ring (bicyclic) bond motifs is 2. The number of para-hydroxylation sites is 2. The zero-order valence-corrected chi connectivity index (χ0v) is 11.0. The molecule has 0 bridgehead atoms. The van der Waals surface area contributed by atoms with E-state index in [0.29, 0.717) is 6.04 Å². The summed E-state index contributed by atoms with van der Waals surface area (Å²) in [6.07, 6.45) is 2.68. The van der Waals surface area contributed by atoms with Crippen LogP contribution in [0.3, 0.4) is 0 Å². The summed E-state index contributed by atoms with van der Waals surface area (Å²) in [5, 5.41) is 3.63. The fraction of sp³-hybridized carbons (Fsp3) is 0.533. The van der Waals surface area contributed by atoms with Gasteiger partial charge in [0.15, 0.2) is 5.58 Å². The summed E-state index contributed by atoms with van der Waals surface area (Å²) in [5.41, 5.74) is 1.86. The molecule has 4 heteroatoms. The molecule has 2 fully saturated rings. The maximum absolute atomic E-state index is 5.81. The molecule has 2 aliphatic heterocycles. The van der Waals surface area contributed by atoms with E-state index >= 15 is 0 Å². The van der Waals surface area contributed by atoms with E-state index < -0.39 is 0 Å². The fourth-order valence-corrected chi connectivity index (χ4v) is 3.44. The lowest BCUT2D eigenvalue weighted by Crippen LogP contribution is -2.40. The van der Waals surface area contributed by atoms with Crippen molar-refractivity contribution in [3.05, 3.63) is 30.2 Å². The van der Waals surface area contributed by atoms with Gasteiger partial charge in [0.05, 0.1) is 6.54 Å². The Bertz CT molecular complexity index is 533. The van der Waals surface area contributed by atoms with Crippen molar-refractivity contribution in [3.8, 4) is 0 Å². The van der Waals surface area contributed by atoms with Gasteiger partial charge in [-0.25, -0.2) is 4.98 Å². The van der Waals surface area contributed by atoms with Crippen LogP contribution in [-0.2, 0) is 6.54 Å². The number of oxazole rings is 1. The van der Waals surface area contributed by atoms with Crippen molar-refractivity contribution in [2.45, 2.75) is 25.4 Å². The summed E-state index contributed by atoms with van der Waals surface area (Å²) >= 11 is 0. The van der Waals surface area contributed by atoms with E-state index in [1.807, 2.05) is 24.3 Å². The maximum Gasteiger partial charge on any atom is 0.209 e. The summed E-state index contributed by atoms with van der Waals surface area (Å²) in [6, 6.07) is 8.66. The molecule has 1 aromatic heterocycles. The van der Waals surface area contributed by atoms with Crippen LogP contribution in [0, 0.1) is 5.92 Å². The highest BCUT2D eigenvalue weighted by molar-refractivity contribution is 5.72. The molecule has 0 saturated carbocycles. The Morgan fingerprint density at radius 1 is 1.32 bits per heavy atom. The summed E-state index contributed by atoms with van der Waals surface area (Å²) in [7, 11) is 0. The second-order valence-electron chi connectivity index (χ2n) is 5.73. The number of rotatable bonds is 2. The minimum atomic E-state index is 0.679. The van der Waals surface area contributed by atoms with Crippen LogP contribution in [0.1, 0.15) is 18.7 Å². The lowest BCUT2D eigenvalue weighted by molar-refractivity contribution is 0.282. The summed E-state index contributed by atoms with van der Waals surface area (Å²) in [6.45, 7) is 4.32. The lowest BCUT2D eigenvalue weighted by atomic mass is 9.94. The molecule has 19 heavy (non-hydrogen) atoms. The Balaban J connectivity index is 1.49. The Morgan fingerprint density at radius 2 is 2.26 bits per heavy atom. The largest absolute Gasteiger partial charge is 0.439 e. The van der Waals surface area contributed by atoms with Gasteiger partial charge in [0.2, 0.25) is 5.89 Å². The minimum absolute atomic E-state index is 0.679. The van der Waals surface area contributed by atoms with E-state index in [0.717, 1.165) is 36.0 Å². The van der Waals surface area contributed by atoms with Gasteiger partial charge >= 0.3 is 0 Å². The van der Waals surface area contributed by atoms with Gasteiger partial charge in [-0.2, -0.15) is 0 Å². The number of hydrogen-bond donors (Lipinski definition) is 1. The van der Waals surface area contributed by atoms with E-state index in [-0.39, 0.29) is 0 Å². The first-order valence-electron chi connectivity index (χ1n) is 7.19. The van der Waals surface area contributed by atoms with E-state index in [9.17, 15) is 0 Å². The average molecular weight is 257 g/mol. The van der Waals surface area contributed by atoms with Gasteiger partial charge in [0.1, 0.15) is 5.52 Å². The zero-order valence-electron chi connectivity index (χ0n) is 11.0. The first-order chi connectivity index (χ1) is 9.38. The molecule has 0 amide bonds. The summed E-state index contributed by atoms with van der Waals surface area (Å²) in [5.74, 6) is 1.66. The van der Waals surface area contributed by atoms with Gasteiger partial charge in [-0.3, -0.25) is 4.90 Å². The normalized spacial score (nSPS) is 27.8. The minimum Gasteiger partial charge on any atom is -0.439 e. The number of aromatic nitrogens is 1. The Labute approximate surface area is 112 Å². The second kappa shape index (κ2) is 4.62. The van der Waals surface area contributed by atoms with Crippen molar-refractivity contribution in [1.82, 2.24) is 15.2 Å². The standard InChI is InChI=1S/C15H19N3O/c1-2-6-14-12(5-1)17-15(19-14)10-18-8-11-4-3-7-16-13(11)9-18/h1-2,5-6,11,13,16H,3-4,7-10H2. The van der Waals surface area contributed by atoms with E-state index in [1.165, 1.54) is 25.9 Å². The van der Waals surface area contributed by atoms with Crippen LogP contribution < -0.4 is 5.32 Å². The van der Waals surface area contributed by atoms with Crippen molar-refractivity contribution in [2.75, 3.05) is 19.6 Å². The predicted molar refractivity (Wildman–Crippen MR) is 73.8 cm³/mol. The smallest absolute Gasteiger partial charge is 0.209 e. The van der Waals surface area contributed by atoms with Crippen LogP contribution in [0.5, 0.6) is 0 Å². The fourth-order valence-electron chi connectivity index (χ4n) is 3.44. The summed E-state index contributed by atoms with van der Waals surface area (Å²) in [4.78, 5) is 7.04. The van der Waals surface area contributed by atoms with Crippen LogP contribution in [0.2, 0.25) is 0 Å². The zero-order chi connectivity index (χ0) is 12.7. The van der Waals surface area contributed by atoms with Gasteiger partial charge in [-0.15, -0.1) is 0 Å². The maximum atomic E-state index is 5.81. The molecule has 0 spiro atoms. The van der Waals surface area contributed by atoms with Crippen molar-refractivity contribution in [3.63, 3.8) is 0 Å². The summed E-state index contributed by atoms with van der Waals surface area (Å²) < 4.78 is 5.81. The number of nitrogens with zero attached hydrogens (tertiary/aromatic N) is 2. The number of benzene rings is 1.